The molecule has 2 unspecified atom stereocenters. The number of β-lactam (4-membered cyclic amide) rings is 1. The molecule has 2 saturated heterocycles. The number of non-ortho nitro benzene ring substituents is 1. The fourth-order valence-corrected chi connectivity index (χ4v) is 5.62. The minimum absolute atomic E-state index is 0.0499. The maximum Gasteiger partial charge on any atom is 0.330 e. The lowest BCUT2D eigenvalue weighted by Crippen LogP contribution is -2.70. The summed E-state index contributed by atoms with van der Waals surface area (Å²) >= 11 is 1.45. The number of nitro groups is 1. The largest absolute Gasteiger partial charge is 0.459 e. The first-order valence-corrected chi connectivity index (χ1v) is 11.2. The van der Waals surface area contributed by atoms with E-state index in [0.29, 0.717) is 11.1 Å². The number of esters is 1. The van der Waals surface area contributed by atoms with Crippen LogP contribution in [0.4, 0.5) is 5.69 Å². The van der Waals surface area contributed by atoms with Gasteiger partial charge >= 0.3 is 5.97 Å². The fraction of sp³-hybridized carbons (Fsp3) is 0.348. The molecule has 2 heterocycles. The number of ether oxygens (including phenoxy) is 1. The normalized spacial score (nSPS) is 22.8. The van der Waals surface area contributed by atoms with Crippen molar-refractivity contribution in [1.29, 1.82) is 0 Å². The van der Waals surface area contributed by atoms with E-state index in [2.05, 4.69) is 5.32 Å². The number of benzene rings is 2. The minimum atomic E-state index is -0.800. The first kappa shape index (κ1) is 22.8. The van der Waals surface area contributed by atoms with Gasteiger partial charge in [0.15, 0.2) is 0 Å². The molecule has 2 amide bonds. The number of nitro benzene ring substituents is 1. The highest BCUT2D eigenvalue weighted by Crippen LogP contribution is 2.51. The van der Waals surface area contributed by atoms with E-state index in [1.165, 1.54) is 40.9 Å². The van der Waals surface area contributed by atoms with Crippen molar-refractivity contribution < 1.29 is 24.0 Å². The molecule has 4 rings (SSSR count). The molecule has 10 heteroatoms. The Hall–Kier alpha value is -3.40. The second-order valence-electron chi connectivity index (χ2n) is 8.61. The molecular weight excluding hydrogens is 446 g/mol. The first-order valence-electron chi connectivity index (χ1n) is 10.4. The molecule has 1 N–H and O–H groups in total. The zero-order chi connectivity index (χ0) is 23.9. The highest BCUT2D eigenvalue weighted by Gasteiger charge is 2.64. The fourth-order valence-electron chi connectivity index (χ4n) is 4.00. The van der Waals surface area contributed by atoms with Crippen LogP contribution >= 0.6 is 11.8 Å². The second-order valence-corrected chi connectivity index (χ2v) is 10.4. The molecule has 0 aromatic heterocycles. The van der Waals surface area contributed by atoms with Gasteiger partial charge in [0.2, 0.25) is 5.91 Å². The van der Waals surface area contributed by atoms with Crippen LogP contribution in [0.1, 0.15) is 35.3 Å². The van der Waals surface area contributed by atoms with Gasteiger partial charge in [0.1, 0.15) is 24.1 Å². The van der Waals surface area contributed by atoms with Crippen molar-refractivity contribution in [3.63, 3.8) is 0 Å². The Balaban J connectivity index is 1.40. The van der Waals surface area contributed by atoms with E-state index >= 15 is 0 Å². The molecule has 3 atom stereocenters. The van der Waals surface area contributed by atoms with Gasteiger partial charge in [0, 0.05) is 22.4 Å². The zero-order valence-corrected chi connectivity index (χ0v) is 19.1. The van der Waals surface area contributed by atoms with Crippen LogP contribution in [0, 0.1) is 17.0 Å². The maximum absolute atomic E-state index is 12.9. The standard InChI is InChI=1S/C23H23N3O6S/c1-13-4-8-15(9-5-13)19(27)24-17-20(28)25-18(23(2,3)33-21(17)25)22(29)32-12-14-6-10-16(11-7-14)26(30)31/h4-11,17-18,21H,12H2,1-3H3,(H,24,27)/t17?,18?,21-/m1/s1. The van der Waals surface area contributed by atoms with Gasteiger partial charge in [-0.05, 0) is 50.6 Å². The van der Waals surface area contributed by atoms with Gasteiger partial charge in [-0.3, -0.25) is 19.7 Å². The lowest BCUT2D eigenvalue weighted by Gasteiger charge is -2.43. The van der Waals surface area contributed by atoms with Gasteiger partial charge in [-0.2, -0.15) is 0 Å². The highest BCUT2D eigenvalue weighted by atomic mass is 32.2. The maximum atomic E-state index is 12.9. The third-order valence-electron chi connectivity index (χ3n) is 5.79. The summed E-state index contributed by atoms with van der Waals surface area (Å²) in [5, 5.41) is 13.2. The molecule has 2 aromatic rings. The van der Waals surface area contributed by atoms with Crippen LogP contribution in [0.15, 0.2) is 48.5 Å². The van der Waals surface area contributed by atoms with Crippen LogP contribution in [0.2, 0.25) is 0 Å². The SMILES string of the molecule is Cc1ccc(C(=O)NC2C(=O)N3C(C(=O)OCc4ccc([N+](=O)[O-])cc4)C(C)(C)S[C@H]23)cc1. The number of fused-ring (bicyclic) bond motifs is 1. The second kappa shape index (κ2) is 8.51. The molecule has 0 bridgehead atoms. The topological polar surface area (TPSA) is 119 Å². The average molecular weight is 470 g/mol. The summed E-state index contributed by atoms with van der Waals surface area (Å²) in [7, 11) is 0. The van der Waals surface area contributed by atoms with Gasteiger partial charge in [0.25, 0.3) is 11.6 Å². The summed E-state index contributed by atoms with van der Waals surface area (Å²) in [5.41, 5.74) is 2.05. The highest BCUT2D eigenvalue weighted by molar-refractivity contribution is 8.01. The molecule has 2 aliphatic rings. The van der Waals surface area contributed by atoms with E-state index in [9.17, 15) is 24.5 Å². The van der Waals surface area contributed by atoms with Crippen LogP contribution in [0.25, 0.3) is 0 Å². The van der Waals surface area contributed by atoms with E-state index in [1.807, 2.05) is 32.9 Å². The summed E-state index contributed by atoms with van der Waals surface area (Å²) in [5.74, 6) is -1.21. The minimum Gasteiger partial charge on any atom is -0.459 e. The molecule has 2 aliphatic heterocycles. The predicted molar refractivity (Wildman–Crippen MR) is 121 cm³/mol. The summed E-state index contributed by atoms with van der Waals surface area (Å²) in [6.07, 6.45) is 0. The number of aryl methyl sites for hydroxylation is 1. The Morgan fingerprint density at radius 2 is 1.79 bits per heavy atom. The van der Waals surface area contributed by atoms with E-state index in [1.54, 1.807) is 12.1 Å². The number of nitrogens with one attached hydrogen (secondary N) is 1. The number of hydrogen-bond acceptors (Lipinski definition) is 7. The van der Waals surface area contributed by atoms with E-state index in [0.717, 1.165) is 5.56 Å². The van der Waals surface area contributed by atoms with E-state index in [-0.39, 0.29) is 29.5 Å². The third-order valence-corrected chi connectivity index (χ3v) is 7.36. The Kier molecular flexibility index (Phi) is 5.87. The lowest BCUT2D eigenvalue weighted by atomic mass is 9.95. The van der Waals surface area contributed by atoms with E-state index < -0.39 is 27.7 Å². The molecule has 0 spiro atoms. The molecule has 0 aliphatic carbocycles. The van der Waals surface area contributed by atoms with Crippen LogP contribution in [0.5, 0.6) is 0 Å². The first-order chi connectivity index (χ1) is 15.6. The van der Waals surface area contributed by atoms with Crippen molar-refractivity contribution in [3.05, 3.63) is 75.3 Å². The van der Waals surface area contributed by atoms with Crippen LogP contribution in [0.3, 0.4) is 0 Å². The lowest BCUT2D eigenvalue weighted by molar-refractivity contribution is -0.384. The number of thioether (sulfide) groups is 1. The summed E-state index contributed by atoms with van der Waals surface area (Å²) in [6.45, 7) is 5.58. The van der Waals surface area contributed by atoms with Crippen molar-refractivity contribution in [1.82, 2.24) is 10.2 Å². The smallest absolute Gasteiger partial charge is 0.330 e. The summed E-state index contributed by atoms with van der Waals surface area (Å²) in [6, 6.07) is 11.3. The number of rotatable bonds is 6. The third kappa shape index (κ3) is 4.30. The monoisotopic (exact) mass is 469 g/mol. The predicted octanol–water partition coefficient (Wildman–Crippen LogP) is 2.81. The Morgan fingerprint density at radius 3 is 2.39 bits per heavy atom. The van der Waals surface area contributed by atoms with Gasteiger partial charge < -0.3 is 15.0 Å². The van der Waals surface area contributed by atoms with Crippen molar-refractivity contribution in [2.45, 2.75) is 49.6 Å². The summed E-state index contributed by atoms with van der Waals surface area (Å²) < 4.78 is 4.83. The van der Waals surface area contributed by atoms with Crippen molar-refractivity contribution in [3.8, 4) is 0 Å². The summed E-state index contributed by atoms with van der Waals surface area (Å²) in [4.78, 5) is 50.1. The van der Waals surface area contributed by atoms with Crippen LogP contribution in [-0.2, 0) is 20.9 Å². The molecule has 33 heavy (non-hydrogen) atoms. The Labute approximate surface area is 194 Å². The number of hydrogen-bond donors (Lipinski definition) is 1. The number of amides is 2. The van der Waals surface area contributed by atoms with Crippen molar-refractivity contribution >= 4 is 35.2 Å². The van der Waals surface area contributed by atoms with Gasteiger partial charge in [-0.1, -0.05) is 17.7 Å². The van der Waals surface area contributed by atoms with Crippen molar-refractivity contribution in [2.75, 3.05) is 0 Å². The zero-order valence-electron chi connectivity index (χ0n) is 18.3. The van der Waals surface area contributed by atoms with Crippen LogP contribution < -0.4 is 5.32 Å². The average Bonchev–Trinajstić information content (AvgIpc) is 3.04. The Morgan fingerprint density at radius 1 is 1.15 bits per heavy atom. The molecule has 0 radical (unpaired) electrons. The van der Waals surface area contributed by atoms with Gasteiger partial charge in [0.05, 0.1) is 4.92 Å². The molecule has 9 nitrogen and oxygen atoms in total. The quantitative estimate of drug-likeness (QED) is 0.299. The number of carbonyl (C=O) groups is 3. The van der Waals surface area contributed by atoms with E-state index in [4.69, 9.17) is 4.74 Å². The number of nitrogens with zero attached hydrogens (tertiary/aromatic N) is 2. The molecule has 2 aromatic carbocycles. The van der Waals surface area contributed by atoms with Gasteiger partial charge in [-0.15, -0.1) is 11.8 Å². The number of carbonyl (C=O) groups excluding carboxylic acids is 3. The molecular formula is C23H23N3O6S. The van der Waals surface area contributed by atoms with Crippen LogP contribution in [-0.4, -0.2) is 49.8 Å². The van der Waals surface area contributed by atoms with Gasteiger partial charge in [-0.25, -0.2) is 4.79 Å². The molecule has 172 valence electrons. The molecule has 0 saturated carbocycles. The van der Waals surface area contributed by atoms with Crippen molar-refractivity contribution in [2.24, 2.45) is 0 Å². The Bertz CT molecular complexity index is 1120. The molecule has 2 fully saturated rings.